The number of carbonyl (C=O) groups is 2. The molecule has 1 aliphatic rings. The molecule has 0 aromatic rings. The summed E-state index contributed by atoms with van der Waals surface area (Å²) in [7, 11) is 0.528. The molecule has 1 rings (SSSR count). The second kappa shape index (κ2) is 4.54. The highest BCUT2D eigenvalue weighted by atomic mass is 32.2. The first-order valence-corrected chi connectivity index (χ1v) is 5.89. The third kappa shape index (κ3) is 2.31. The fraction of sp³-hybridized carbons (Fsp3) is 0.750. The van der Waals surface area contributed by atoms with Gasteiger partial charge in [0.25, 0.3) is 0 Å². The van der Waals surface area contributed by atoms with Gasteiger partial charge in [0.15, 0.2) is 0 Å². The van der Waals surface area contributed by atoms with E-state index in [2.05, 4.69) is 5.32 Å². The van der Waals surface area contributed by atoms with E-state index in [0.717, 1.165) is 0 Å². The number of amides is 2. The van der Waals surface area contributed by atoms with Crippen LogP contribution >= 0.6 is 0 Å². The quantitative estimate of drug-likeness (QED) is 0.595. The van der Waals surface area contributed by atoms with Crippen LogP contribution in [0, 0.1) is 0 Å². The molecule has 0 saturated carbocycles. The fourth-order valence-electron chi connectivity index (χ4n) is 1.47. The molecule has 1 N–H and O–H groups in total. The van der Waals surface area contributed by atoms with Crippen LogP contribution in [0.25, 0.3) is 0 Å². The Morgan fingerprint density at radius 1 is 1.50 bits per heavy atom. The molecule has 0 bridgehead atoms. The van der Waals surface area contributed by atoms with Crippen LogP contribution in [-0.2, 0) is 20.4 Å². The molecule has 5 nitrogen and oxygen atoms in total. The molecule has 1 saturated heterocycles. The minimum absolute atomic E-state index is 0.143. The van der Waals surface area contributed by atoms with E-state index >= 15 is 0 Å². The Labute approximate surface area is 85.3 Å². The van der Waals surface area contributed by atoms with Crippen molar-refractivity contribution in [2.24, 2.45) is 0 Å². The van der Waals surface area contributed by atoms with Crippen LogP contribution in [0.15, 0.2) is 0 Å². The van der Waals surface area contributed by atoms with E-state index in [1.165, 1.54) is 18.9 Å². The van der Waals surface area contributed by atoms with Gasteiger partial charge < -0.3 is 10.2 Å². The largest absolute Gasteiger partial charge is 0.357 e. The van der Waals surface area contributed by atoms with E-state index in [-0.39, 0.29) is 17.6 Å². The van der Waals surface area contributed by atoms with Gasteiger partial charge in [0, 0.05) is 37.1 Å². The van der Waals surface area contributed by atoms with Gasteiger partial charge in [0.05, 0.1) is 5.75 Å². The Balaban J connectivity index is 2.78. The van der Waals surface area contributed by atoms with Crippen molar-refractivity contribution >= 4 is 22.6 Å². The topological polar surface area (TPSA) is 66.5 Å². The first kappa shape index (κ1) is 11.2. The Morgan fingerprint density at radius 2 is 2.14 bits per heavy atom. The molecule has 14 heavy (non-hydrogen) atoms. The van der Waals surface area contributed by atoms with E-state index in [1.807, 2.05) is 0 Å². The highest BCUT2D eigenvalue weighted by Crippen LogP contribution is 2.09. The number of nitrogens with one attached hydrogen (secondary N) is 1. The van der Waals surface area contributed by atoms with Crippen molar-refractivity contribution < 1.29 is 13.8 Å². The van der Waals surface area contributed by atoms with Gasteiger partial charge in [-0.2, -0.15) is 0 Å². The van der Waals surface area contributed by atoms with Crippen LogP contribution in [0.3, 0.4) is 0 Å². The van der Waals surface area contributed by atoms with Crippen molar-refractivity contribution in [3.05, 3.63) is 0 Å². The van der Waals surface area contributed by atoms with Crippen molar-refractivity contribution in [1.82, 2.24) is 10.2 Å². The summed E-state index contributed by atoms with van der Waals surface area (Å²) in [5, 5.41) is 2.47. The van der Waals surface area contributed by atoms with Crippen molar-refractivity contribution in [3.63, 3.8) is 0 Å². The number of rotatable bonds is 1. The first-order chi connectivity index (χ1) is 6.56. The second-order valence-electron chi connectivity index (χ2n) is 3.15. The normalized spacial score (nSPS) is 27.1. The van der Waals surface area contributed by atoms with Gasteiger partial charge >= 0.3 is 0 Å². The average Bonchev–Trinajstić information content (AvgIpc) is 2.16. The summed E-state index contributed by atoms with van der Waals surface area (Å²) in [6.45, 7) is 1.82. The maximum absolute atomic E-state index is 11.4. The molecule has 2 amide bonds. The van der Waals surface area contributed by atoms with Gasteiger partial charge in [-0.3, -0.25) is 13.8 Å². The Bertz CT molecular complexity index is 280. The van der Waals surface area contributed by atoms with Gasteiger partial charge in [-0.25, -0.2) is 0 Å². The lowest BCUT2D eigenvalue weighted by atomic mass is 10.2. The third-order valence-electron chi connectivity index (χ3n) is 2.23. The fourth-order valence-corrected chi connectivity index (χ4v) is 2.72. The summed E-state index contributed by atoms with van der Waals surface area (Å²) >= 11 is 0. The van der Waals surface area contributed by atoms with Crippen LogP contribution in [0.4, 0.5) is 0 Å². The zero-order valence-corrected chi connectivity index (χ0v) is 9.10. The van der Waals surface area contributed by atoms with Gasteiger partial charge in [0.2, 0.25) is 11.8 Å². The van der Waals surface area contributed by atoms with E-state index in [0.29, 0.717) is 12.3 Å². The van der Waals surface area contributed by atoms with Gasteiger partial charge in [-0.15, -0.1) is 0 Å². The molecule has 80 valence electrons. The van der Waals surface area contributed by atoms with Gasteiger partial charge in [0.1, 0.15) is 6.04 Å². The van der Waals surface area contributed by atoms with Crippen molar-refractivity contribution in [3.8, 4) is 0 Å². The minimum Gasteiger partial charge on any atom is -0.357 e. The molecule has 0 aliphatic carbocycles. The maximum atomic E-state index is 11.4. The smallest absolute Gasteiger partial charge is 0.243 e. The third-order valence-corrected chi connectivity index (χ3v) is 3.56. The number of likely N-dealkylation sites (N-methyl/N-ethyl adjacent to an activating group) is 1. The molecule has 0 spiro atoms. The first-order valence-electron chi connectivity index (χ1n) is 4.40. The minimum atomic E-state index is -0.984. The zero-order chi connectivity index (χ0) is 10.7. The van der Waals surface area contributed by atoms with E-state index in [9.17, 15) is 13.8 Å². The molecule has 6 heteroatoms. The summed E-state index contributed by atoms with van der Waals surface area (Å²) in [6.07, 6.45) is 0. The predicted octanol–water partition coefficient (Wildman–Crippen LogP) is -1.29. The van der Waals surface area contributed by atoms with Crippen LogP contribution in [0.1, 0.15) is 6.92 Å². The molecular weight excluding hydrogens is 204 g/mol. The van der Waals surface area contributed by atoms with Crippen LogP contribution in [0.2, 0.25) is 0 Å². The highest BCUT2D eigenvalue weighted by molar-refractivity contribution is 7.85. The number of hydrogen-bond acceptors (Lipinski definition) is 3. The Hall–Kier alpha value is -0.910. The Kier molecular flexibility index (Phi) is 3.62. The molecule has 1 fully saturated rings. The zero-order valence-electron chi connectivity index (χ0n) is 8.28. The Morgan fingerprint density at radius 3 is 2.64 bits per heavy atom. The summed E-state index contributed by atoms with van der Waals surface area (Å²) in [5.41, 5.74) is 0. The van der Waals surface area contributed by atoms with E-state index < -0.39 is 16.8 Å². The van der Waals surface area contributed by atoms with Crippen LogP contribution < -0.4 is 5.32 Å². The second-order valence-corrected chi connectivity index (χ2v) is 4.77. The molecule has 2 atom stereocenters. The SMILES string of the molecule is CNC(=O)[C@@H]1CS(=O)CCN1C(C)=O. The molecule has 0 aromatic carbocycles. The molecule has 0 radical (unpaired) electrons. The van der Waals surface area contributed by atoms with Crippen molar-refractivity contribution in [1.29, 1.82) is 0 Å². The summed E-state index contributed by atoms with van der Waals surface area (Å²) < 4.78 is 11.3. The van der Waals surface area contributed by atoms with Crippen molar-refractivity contribution in [2.75, 3.05) is 25.1 Å². The lowest BCUT2D eigenvalue weighted by Gasteiger charge is -2.32. The maximum Gasteiger partial charge on any atom is 0.243 e. The van der Waals surface area contributed by atoms with Crippen LogP contribution in [0.5, 0.6) is 0 Å². The standard InChI is InChI=1S/C8H14N2O3S/c1-6(11)10-3-4-14(13)5-7(10)8(12)9-2/h7H,3-5H2,1-2H3,(H,9,12)/t7-,14?/m0/s1. The molecule has 0 aromatic heterocycles. The molecule has 1 heterocycles. The number of hydrogen-bond donors (Lipinski definition) is 1. The number of nitrogens with zero attached hydrogens (tertiary/aromatic N) is 1. The summed E-state index contributed by atoms with van der Waals surface area (Å²) in [6, 6.07) is -0.563. The highest BCUT2D eigenvalue weighted by Gasteiger charge is 2.32. The monoisotopic (exact) mass is 218 g/mol. The van der Waals surface area contributed by atoms with Crippen LogP contribution in [-0.4, -0.2) is 52.1 Å². The lowest BCUT2D eigenvalue weighted by Crippen LogP contribution is -2.55. The summed E-state index contributed by atoms with van der Waals surface area (Å²) in [4.78, 5) is 24.0. The van der Waals surface area contributed by atoms with E-state index in [4.69, 9.17) is 0 Å². The van der Waals surface area contributed by atoms with Gasteiger partial charge in [-0.05, 0) is 0 Å². The van der Waals surface area contributed by atoms with E-state index in [1.54, 1.807) is 0 Å². The van der Waals surface area contributed by atoms with Crippen molar-refractivity contribution in [2.45, 2.75) is 13.0 Å². The lowest BCUT2D eigenvalue weighted by molar-refractivity contribution is -0.137. The average molecular weight is 218 g/mol. The molecular formula is C8H14N2O3S. The summed E-state index contributed by atoms with van der Waals surface area (Å²) in [5.74, 6) is 0.329. The van der Waals surface area contributed by atoms with Gasteiger partial charge in [-0.1, -0.05) is 0 Å². The molecule has 1 unspecified atom stereocenters. The number of carbonyl (C=O) groups excluding carboxylic acids is 2. The molecule has 1 aliphatic heterocycles. The predicted molar refractivity (Wildman–Crippen MR) is 53.1 cm³/mol.